The minimum Gasteiger partial charge on any atom is -0.504 e. The molecule has 0 atom stereocenters. The highest BCUT2D eigenvalue weighted by Gasteiger charge is 2.15. The quantitative estimate of drug-likeness (QED) is 0.571. The van der Waals surface area contributed by atoms with Crippen LogP contribution in [0.25, 0.3) is 0 Å². The van der Waals surface area contributed by atoms with Crippen molar-refractivity contribution in [1.29, 1.82) is 0 Å². The summed E-state index contributed by atoms with van der Waals surface area (Å²) in [7, 11) is 1.33. The summed E-state index contributed by atoms with van der Waals surface area (Å²) in [5.41, 5.74) is 4.78. The van der Waals surface area contributed by atoms with Crippen LogP contribution >= 0.6 is 0 Å². The Labute approximate surface area is 74.4 Å². The lowest BCUT2D eigenvalue weighted by atomic mass is 10.1. The van der Waals surface area contributed by atoms with Crippen LogP contribution in [-0.4, -0.2) is 23.2 Å². The number of methoxy groups -OCH3 is 1. The fourth-order valence-electron chi connectivity index (χ4n) is 0.925. The van der Waals surface area contributed by atoms with Crippen molar-refractivity contribution in [2.24, 2.45) is 5.73 Å². The SMILES string of the molecule is COc1ccc(C(N)=O)c(O)c1O. The minimum absolute atomic E-state index is 0.0856. The van der Waals surface area contributed by atoms with Crippen LogP contribution in [0.2, 0.25) is 0 Å². The predicted octanol–water partition coefficient (Wildman–Crippen LogP) is 0.205. The average molecular weight is 183 g/mol. The lowest BCUT2D eigenvalue weighted by molar-refractivity contribution is 0.0997. The first-order valence-electron chi connectivity index (χ1n) is 3.46. The van der Waals surface area contributed by atoms with Gasteiger partial charge in [-0.15, -0.1) is 0 Å². The molecule has 0 aliphatic heterocycles. The molecule has 0 aromatic heterocycles. The number of amides is 1. The zero-order valence-electron chi connectivity index (χ0n) is 6.94. The molecule has 1 rings (SSSR count). The van der Waals surface area contributed by atoms with E-state index in [-0.39, 0.29) is 11.3 Å². The highest BCUT2D eigenvalue weighted by atomic mass is 16.5. The molecule has 4 N–H and O–H groups in total. The lowest BCUT2D eigenvalue weighted by Gasteiger charge is -2.06. The Bertz CT molecular complexity index is 348. The third kappa shape index (κ3) is 1.48. The normalized spacial score (nSPS) is 9.62. The Balaban J connectivity index is 3.31. The van der Waals surface area contributed by atoms with Gasteiger partial charge in [0.1, 0.15) is 0 Å². The smallest absolute Gasteiger partial charge is 0.252 e. The number of hydrogen-bond donors (Lipinski definition) is 3. The first-order chi connectivity index (χ1) is 6.07. The monoisotopic (exact) mass is 183 g/mol. The van der Waals surface area contributed by atoms with Crippen molar-refractivity contribution in [2.75, 3.05) is 7.11 Å². The summed E-state index contributed by atoms with van der Waals surface area (Å²) in [5.74, 6) is -1.77. The largest absolute Gasteiger partial charge is 0.504 e. The fourth-order valence-corrected chi connectivity index (χ4v) is 0.925. The van der Waals surface area contributed by atoms with Crippen molar-refractivity contribution in [3.05, 3.63) is 17.7 Å². The van der Waals surface area contributed by atoms with Gasteiger partial charge in [0, 0.05) is 0 Å². The van der Waals surface area contributed by atoms with E-state index in [1.165, 1.54) is 19.2 Å². The molecule has 1 aromatic carbocycles. The van der Waals surface area contributed by atoms with Gasteiger partial charge in [0.05, 0.1) is 12.7 Å². The number of ether oxygens (including phenoxy) is 1. The number of primary amides is 1. The van der Waals surface area contributed by atoms with Crippen molar-refractivity contribution >= 4 is 5.91 Å². The zero-order valence-corrected chi connectivity index (χ0v) is 6.94. The van der Waals surface area contributed by atoms with Crippen molar-refractivity contribution in [3.8, 4) is 17.2 Å². The van der Waals surface area contributed by atoms with Crippen LogP contribution in [0.5, 0.6) is 17.2 Å². The predicted molar refractivity (Wildman–Crippen MR) is 44.8 cm³/mol. The summed E-state index contributed by atoms with van der Waals surface area (Å²) in [6.45, 7) is 0. The fraction of sp³-hybridized carbons (Fsp3) is 0.125. The van der Waals surface area contributed by atoms with E-state index in [2.05, 4.69) is 0 Å². The highest BCUT2D eigenvalue weighted by Crippen LogP contribution is 2.37. The lowest BCUT2D eigenvalue weighted by Crippen LogP contribution is -2.11. The first-order valence-corrected chi connectivity index (χ1v) is 3.46. The van der Waals surface area contributed by atoms with Crippen molar-refractivity contribution in [2.45, 2.75) is 0 Å². The summed E-state index contributed by atoms with van der Waals surface area (Å²) in [5, 5.41) is 18.5. The Morgan fingerprint density at radius 2 is 2.00 bits per heavy atom. The van der Waals surface area contributed by atoms with Crippen LogP contribution < -0.4 is 10.5 Å². The Morgan fingerprint density at radius 3 is 2.46 bits per heavy atom. The second kappa shape index (κ2) is 3.22. The second-order valence-corrected chi connectivity index (χ2v) is 2.38. The van der Waals surface area contributed by atoms with Gasteiger partial charge in [-0.05, 0) is 12.1 Å². The standard InChI is InChI=1S/C8H9NO4/c1-13-5-3-2-4(8(9)12)6(10)7(5)11/h2-3,10-11H,1H3,(H2,9,12). The molecule has 0 aliphatic carbocycles. The van der Waals surface area contributed by atoms with Crippen LogP contribution in [0.4, 0.5) is 0 Å². The van der Waals surface area contributed by atoms with Gasteiger partial charge in [-0.1, -0.05) is 0 Å². The molecule has 5 nitrogen and oxygen atoms in total. The maximum absolute atomic E-state index is 10.7. The molecule has 1 aromatic rings. The Hall–Kier alpha value is -1.91. The number of rotatable bonds is 2. The number of carbonyl (C=O) groups is 1. The van der Waals surface area contributed by atoms with Gasteiger partial charge in [0.25, 0.3) is 5.91 Å². The highest BCUT2D eigenvalue weighted by molar-refractivity contribution is 5.96. The van der Waals surface area contributed by atoms with Crippen LogP contribution in [0.15, 0.2) is 12.1 Å². The van der Waals surface area contributed by atoms with E-state index >= 15 is 0 Å². The van der Waals surface area contributed by atoms with Gasteiger partial charge in [-0.3, -0.25) is 4.79 Å². The van der Waals surface area contributed by atoms with E-state index in [9.17, 15) is 15.0 Å². The van der Waals surface area contributed by atoms with Crippen LogP contribution in [0, 0.1) is 0 Å². The third-order valence-electron chi connectivity index (χ3n) is 1.60. The molecule has 0 radical (unpaired) electrons. The minimum atomic E-state index is -0.810. The molecule has 0 fully saturated rings. The molecule has 0 saturated heterocycles. The molecule has 0 aliphatic rings. The number of hydrogen-bond acceptors (Lipinski definition) is 4. The molecule has 70 valence electrons. The van der Waals surface area contributed by atoms with Gasteiger partial charge < -0.3 is 20.7 Å². The van der Waals surface area contributed by atoms with E-state index in [0.717, 1.165) is 0 Å². The van der Waals surface area contributed by atoms with E-state index in [4.69, 9.17) is 10.5 Å². The van der Waals surface area contributed by atoms with Crippen LogP contribution in [0.3, 0.4) is 0 Å². The van der Waals surface area contributed by atoms with Crippen molar-refractivity contribution < 1.29 is 19.7 Å². The molecule has 1 amide bonds. The van der Waals surface area contributed by atoms with Crippen LogP contribution in [-0.2, 0) is 0 Å². The number of nitrogens with two attached hydrogens (primary N) is 1. The van der Waals surface area contributed by atoms with Gasteiger partial charge >= 0.3 is 0 Å². The second-order valence-electron chi connectivity index (χ2n) is 2.38. The first kappa shape index (κ1) is 9.18. The Morgan fingerprint density at radius 1 is 1.38 bits per heavy atom. The number of carbonyl (C=O) groups excluding carboxylic acids is 1. The van der Waals surface area contributed by atoms with Crippen LogP contribution in [0.1, 0.15) is 10.4 Å². The van der Waals surface area contributed by atoms with E-state index in [1.54, 1.807) is 0 Å². The summed E-state index contributed by atoms with van der Waals surface area (Å²) < 4.78 is 4.70. The number of aromatic hydroxyl groups is 2. The molecule has 0 spiro atoms. The molecule has 5 heteroatoms. The van der Waals surface area contributed by atoms with E-state index < -0.39 is 17.4 Å². The van der Waals surface area contributed by atoms with Crippen molar-refractivity contribution in [1.82, 2.24) is 0 Å². The summed E-state index contributed by atoms with van der Waals surface area (Å²) >= 11 is 0. The summed E-state index contributed by atoms with van der Waals surface area (Å²) in [6, 6.07) is 2.62. The maximum atomic E-state index is 10.7. The topological polar surface area (TPSA) is 92.8 Å². The molecule has 13 heavy (non-hydrogen) atoms. The average Bonchev–Trinajstić information content (AvgIpc) is 2.09. The molecule has 0 saturated carbocycles. The summed E-state index contributed by atoms with van der Waals surface area (Å²) in [4.78, 5) is 10.7. The van der Waals surface area contributed by atoms with Gasteiger partial charge in [0.15, 0.2) is 11.5 Å². The van der Waals surface area contributed by atoms with E-state index in [0.29, 0.717) is 0 Å². The molecule has 0 heterocycles. The Kier molecular flexibility index (Phi) is 2.27. The summed E-state index contributed by atoms with van der Waals surface area (Å²) in [6.07, 6.45) is 0. The maximum Gasteiger partial charge on any atom is 0.252 e. The molecule has 0 unspecified atom stereocenters. The van der Waals surface area contributed by atoms with E-state index in [1.807, 2.05) is 0 Å². The number of phenols is 2. The molecular weight excluding hydrogens is 174 g/mol. The van der Waals surface area contributed by atoms with Gasteiger partial charge in [-0.2, -0.15) is 0 Å². The number of benzene rings is 1. The van der Waals surface area contributed by atoms with Gasteiger partial charge in [0.2, 0.25) is 5.75 Å². The zero-order chi connectivity index (χ0) is 10.0. The van der Waals surface area contributed by atoms with Gasteiger partial charge in [-0.25, -0.2) is 0 Å². The number of phenolic OH excluding ortho intramolecular Hbond substituents is 1. The third-order valence-corrected chi connectivity index (χ3v) is 1.60. The molecule has 0 bridgehead atoms. The van der Waals surface area contributed by atoms with Crippen molar-refractivity contribution in [3.63, 3.8) is 0 Å². The molecular formula is C8H9NO4.